The Balaban J connectivity index is 2.70. The second-order valence-corrected chi connectivity index (χ2v) is 13.9. The molecule has 2 atom stereocenters. The molecule has 0 radical (unpaired) electrons. The standard InChI is InChI=1S/C24H47N3O11P2/c1-16(2)35-39(29,36-17(3)4)14-33-20(9)12-31-22-10-23(27-24(25)26-22)32-13-21(11-28)34-15-40(30,37-18(5)6)38-19(7)8/h10,16-21,28H,11-15H2,1-9H3,(H2,25,26,27)/t20-,21+/m1/s1. The predicted octanol–water partition coefficient (Wildman–Crippen LogP) is 4.60. The quantitative estimate of drug-likeness (QED) is 0.183. The molecule has 0 fully saturated rings. The summed E-state index contributed by atoms with van der Waals surface area (Å²) in [7, 11) is -7.02. The summed E-state index contributed by atoms with van der Waals surface area (Å²) < 4.78 is 70.2. The van der Waals surface area contributed by atoms with Crippen molar-refractivity contribution in [3.8, 4) is 11.8 Å². The molecule has 0 aliphatic carbocycles. The van der Waals surface area contributed by atoms with Crippen molar-refractivity contribution in [3.05, 3.63) is 6.07 Å². The maximum Gasteiger partial charge on any atom is 0.356 e. The number of aliphatic hydroxyl groups excluding tert-OH is 1. The minimum absolute atomic E-state index is 0.0443. The maximum absolute atomic E-state index is 13.0. The molecular weight excluding hydrogens is 568 g/mol. The van der Waals surface area contributed by atoms with Crippen molar-refractivity contribution in [1.82, 2.24) is 9.97 Å². The van der Waals surface area contributed by atoms with Crippen molar-refractivity contribution >= 4 is 21.1 Å². The fraction of sp³-hybridized carbons (Fsp3) is 0.833. The SMILES string of the molecule is CC(C)OP(=O)(CO[C@@H](CO)COc1cc(OC[C@@H](C)OCP(=O)(OC(C)C)OC(C)C)nc(N)n1)OC(C)C. The fourth-order valence-corrected chi connectivity index (χ4v) is 6.77. The van der Waals surface area contributed by atoms with E-state index in [1.165, 1.54) is 6.07 Å². The third-order valence-electron chi connectivity index (χ3n) is 4.25. The number of anilines is 1. The van der Waals surface area contributed by atoms with Gasteiger partial charge in [-0.1, -0.05) is 0 Å². The summed E-state index contributed by atoms with van der Waals surface area (Å²) in [5.74, 6) is 0.0702. The molecule has 0 aromatic carbocycles. The highest BCUT2D eigenvalue weighted by molar-refractivity contribution is 7.53. The largest absolute Gasteiger partial charge is 0.475 e. The van der Waals surface area contributed by atoms with E-state index in [9.17, 15) is 14.2 Å². The first-order valence-electron chi connectivity index (χ1n) is 13.2. The minimum atomic E-state index is -3.56. The third kappa shape index (κ3) is 15.6. The van der Waals surface area contributed by atoms with Crippen molar-refractivity contribution in [2.24, 2.45) is 0 Å². The van der Waals surface area contributed by atoms with Crippen molar-refractivity contribution in [3.63, 3.8) is 0 Å². The van der Waals surface area contributed by atoms with E-state index in [0.29, 0.717) is 0 Å². The van der Waals surface area contributed by atoms with Crippen LogP contribution in [0.5, 0.6) is 11.8 Å². The van der Waals surface area contributed by atoms with Crippen LogP contribution in [0.15, 0.2) is 6.07 Å². The van der Waals surface area contributed by atoms with E-state index in [2.05, 4.69) is 9.97 Å². The monoisotopic (exact) mass is 615 g/mol. The van der Waals surface area contributed by atoms with Gasteiger partial charge in [0.05, 0.1) is 43.2 Å². The molecule has 40 heavy (non-hydrogen) atoms. The molecule has 0 amide bonds. The number of nitrogens with zero attached hydrogens (tertiary/aromatic N) is 2. The van der Waals surface area contributed by atoms with E-state index in [4.69, 9.17) is 42.8 Å². The van der Waals surface area contributed by atoms with Crippen LogP contribution in [-0.4, -0.2) is 84.2 Å². The predicted molar refractivity (Wildman–Crippen MR) is 150 cm³/mol. The lowest BCUT2D eigenvalue weighted by molar-refractivity contribution is -0.00613. The second kappa shape index (κ2) is 17.6. The van der Waals surface area contributed by atoms with Crippen LogP contribution in [0.2, 0.25) is 0 Å². The Kier molecular flexibility index (Phi) is 16.1. The highest BCUT2D eigenvalue weighted by Crippen LogP contribution is 2.51. The average molecular weight is 616 g/mol. The van der Waals surface area contributed by atoms with Gasteiger partial charge in [0.15, 0.2) is 0 Å². The topological polar surface area (TPSA) is 180 Å². The number of rotatable bonds is 21. The fourth-order valence-electron chi connectivity index (χ4n) is 3.02. The van der Waals surface area contributed by atoms with Gasteiger partial charge in [-0.2, -0.15) is 9.97 Å². The Morgan fingerprint density at radius 2 is 1.12 bits per heavy atom. The molecule has 0 aliphatic heterocycles. The zero-order chi connectivity index (χ0) is 30.5. The summed E-state index contributed by atoms with van der Waals surface area (Å²) in [4.78, 5) is 8.02. The second-order valence-electron chi connectivity index (χ2n) is 10.1. The van der Waals surface area contributed by atoms with Crippen LogP contribution < -0.4 is 15.2 Å². The minimum Gasteiger partial charge on any atom is -0.475 e. The number of nitrogens with two attached hydrogens (primary N) is 1. The van der Waals surface area contributed by atoms with E-state index >= 15 is 0 Å². The zero-order valence-corrected chi connectivity index (χ0v) is 26.8. The van der Waals surface area contributed by atoms with Crippen LogP contribution in [0, 0.1) is 0 Å². The lowest BCUT2D eigenvalue weighted by Crippen LogP contribution is -2.27. The van der Waals surface area contributed by atoms with Crippen LogP contribution in [-0.2, 0) is 36.7 Å². The summed E-state index contributed by atoms with van der Waals surface area (Å²) in [6, 6.07) is 1.40. The highest BCUT2D eigenvalue weighted by atomic mass is 31.2. The van der Waals surface area contributed by atoms with Gasteiger partial charge in [0, 0.05) is 0 Å². The summed E-state index contributed by atoms with van der Waals surface area (Å²) in [6.07, 6.45) is -3.26. The van der Waals surface area contributed by atoms with Gasteiger partial charge < -0.3 is 47.9 Å². The highest BCUT2D eigenvalue weighted by Gasteiger charge is 2.30. The molecule has 14 nitrogen and oxygen atoms in total. The van der Waals surface area contributed by atoms with E-state index in [0.717, 1.165) is 0 Å². The van der Waals surface area contributed by atoms with Crippen molar-refractivity contribution in [2.75, 3.05) is 38.3 Å². The van der Waals surface area contributed by atoms with Crippen molar-refractivity contribution < 1.29 is 51.3 Å². The van der Waals surface area contributed by atoms with Gasteiger partial charge in [-0.3, -0.25) is 9.13 Å². The van der Waals surface area contributed by atoms with Gasteiger partial charge in [-0.25, -0.2) is 0 Å². The molecule has 0 aliphatic rings. The zero-order valence-electron chi connectivity index (χ0n) is 25.0. The smallest absolute Gasteiger partial charge is 0.356 e. The van der Waals surface area contributed by atoms with E-state index in [-0.39, 0.29) is 68.0 Å². The third-order valence-corrected chi connectivity index (χ3v) is 8.16. The van der Waals surface area contributed by atoms with Crippen LogP contribution >= 0.6 is 15.2 Å². The van der Waals surface area contributed by atoms with Gasteiger partial charge in [-0.15, -0.1) is 0 Å². The Bertz CT molecular complexity index is 938. The van der Waals surface area contributed by atoms with Crippen molar-refractivity contribution in [1.29, 1.82) is 0 Å². The van der Waals surface area contributed by atoms with Crippen LogP contribution in [0.3, 0.4) is 0 Å². The van der Waals surface area contributed by atoms with Gasteiger partial charge in [-0.05, 0) is 62.3 Å². The number of aliphatic hydroxyl groups is 1. The molecule has 0 bridgehead atoms. The molecular formula is C24H47N3O11P2. The first-order valence-corrected chi connectivity index (χ1v) is 16.7. The number of ether oxygens (including phenoxy) is 4. The lowest BCUT2D eigenvalue weighted by Gasteiger charge is -2.24. The number of nitrogen functional groups attached to an aromatic ring is 1. The first-order chi connectivity index (χ1) is 18.5. The molecule has 1 heterocycles. The molecule has 234 valence electrons. The lowest BCUT2D eigenvalue weighted by atomic mass is 10.4. The van der Waals surface area contributed by atoms with Gasteiger partial charge in [0.2, 0.25) is 17.7 Å². The Labute approximate surface area is 237 Å². The maximum atomic E-state index is 13.0. The molecule has 3 N–H and O–H groups in total. The number of aromatic nitrogens is 2. The van der Waals surface area contributed by atoms with Gasteiger partial charge in [0.1, 0.15) is 32.0 Å². The molecule has 1 aromatic heterocycles. The number of hydrogen-bond acceptors (Lipinski definition) is 14. The summed E-state index contributed by atoms with van der Waals surface area (Å²) >= 11 is 0. The van der Waals surface area contributed by atoms with Gasteiger partial charge in [0.25, 0.3) is 0 Å². The Hall–Kier alpha value is -1.34. The van der Waals surface area contributed by atoms with Crippen molar-refractivity contribution in [2.45, 2.75) is 98.9 Å². The van der Waals surface area contributed by atoms with Crippen LogP contribution in [0.4, 0.5) is 5.95 Å². The molecule has 1 aromatic rings. The molecule has 1 rings (SSSR count). The Morgan fingerprint density at radius 1 is 0.725 bits per heavy atom. The van der Waals surface area contributed by atoms with E-state index < -0.39 is 34.0 Å². The number of hydrogen-bond donors (Lipinski definition) is 2. The Morgan fingerprint density at radius 3 is 1.52 bits per heavy atom. The van der Waals surface area contributed by atoms with E-state index in [1.54, 1.807) is 62.3 Å². The van der Waals surface area contributed by atoms with Gasteiger partial charge >= 0.3 is 15.2 Å². The average Bonchev–Trinajstić information content (AvgIpc) is 2.79. The normalized spacial score (nSPS) is 14.3. The molecule has 0 saturated carbocycles. The summed E-state index contributed by atoms with van der Waals surface area (Å²) in [5.41, 5.74) is 5.79. The molecule has 0 spiro atoms. The summed E-state index contributed by atoms with van der Waals surface area (Å²) in [5, 5.41) is 9.71. The van der Waals surface area contributed by atoms with Crippen LogP contribution in [0.1, 0.15) is 62.3 Å². The van der Waals surface area contributed by atoms with Crippen LogP contribution in [0.25, 0.3) is 0 Å². The molecule has 16 heteroatoms. The summed E-state index contributed by atoms with van der Waals surface area (Å²) in [6.45, 7) is 15.2. The van der Waals surface area contributed by atoms with E-state index in [1.807, 2.05) is 0 Å². The first kappa shape index (κ1) is 36.7. The molecule has 0 saturated heterocycles. The molecule has 0 unspecified atom stereocenters.